The summed E-state index contributed by atoms with van der Waals surface area (Å²) in [5.74, 6) is 0.279. The summed E-state index contributed by atoms with van der Waals surface area (Å²) in [6.45, 7) is 7.22. The van der Waals surface area contributed by atoms with Crippen LogP contribution in [0, 0.1) is 5.41 Å². The van der Waals surface area contributed by atoms with E-state index in [-0.39, 0.29) is 5.84 Å². The van der Waals surface area contributed by atoms with E-state index in [0.717, 1.165) is 13.1 Å². The predicted octanol–water partition coefficient (Wildman–Crippen LogP) is 0.748. The third-order valence-corrected chi connectivity index (χ3v) is 3.12. The van der Waals surface area contributed by atoms with Gasteiger partial charge in [-0.05, 0) is 0 Å². The Bertz CT molecular complexity index is 162. The summed E-state index contributed by atoms with van der Waals surface area (Å²) in [6, 6.07) is 0. The molecule has 0 aromatic rings. The molecule has 1 saturated heterocycles. The number of rotatable bonds is 2. The lowest BCUT2D eigenvalue weighted by Gasteiger charge is -2.34. The fourth-order valence-electron chi connectivity index (χ4n) is 1.65. The minimum absolute atomic E-state index is 0.279. The maximum atomic E-state index is 7.19. The van der Waals surface area contributed by atoms with E-state index in [1.54, 1.807) is 0 Å². The van der Waals surface area contributed by atoms with Crippen molar-refractivity contribution in [1.29, 1.82) is 5.41 Å². The van der Waals surface area contributed by atoms with Gasteiger partial charge in [-0.1, -0.05) is 13.8 Å². The highest BCUT2D eigenvalue weighted by molar-refractivity contribution is 8.00. The van der Waals surface area contributed by atoms with Gasteiger partial charge in [0.15, 0.2) is 0 Å². The first kappa shape index (κ1) is 9.86. The van der Waals surface area contributed by atoms with Crippen LogP contribution in [-0.2, 0) is 0 Å². The highest BCUT2D eigenvalue weighted by Gasteiger charge is 2.21. The SMILES string of the molecule is CC1CN(CC(=N)N)CC(C)S1. The van der Waals surface area contributed by atoms with Gasteiger partial charge in [-0.2, -0.15) is 11.8 Å². The molecular weight excluding hydrogens is 170 g/mol. The Morgan fingerprint density at radius 2 is 2.00 bits per heavy atom. The average Bonchev–Trinajstić information content (AvgIpc) is 1.81. The highest BCUT2D eigenvalue weighted by atomic mass is 32.2. The lowest BCUT2D eigenvalue weighted by molar-refractivity contribution is 0.306. The molecule has 1 aliphatic heterocycles. The van der Waals surface area contributed by atoms with Crippen LogP contribution in [0.1, 0.15) is 13.8 Å². The van der Waals surface area contributed by atoms with Crippen molar-refractivity contribution in [2.75, 3.05) is 19.6 Å². The number of amidine groups is 1. The molecule has 1 fully saturated rings. The van der Waals surface area contributed by atoms with E-state index in [2.05, 4.69) is 18.7 Å². The van der Waals surface area contributed by atoms with Crippen molar-refractivity contribution < 1.29 is 0 Å². The minimum Gasteiger partial charge on any atom is -0.387 e. The second kappa shape index (κ2) is 4.14. The Morgan fingerprint density at radius 3 is 2.42 bits per heavy atom. The average molecular weight is 187 g/mol. The summed E-state index contributed by atoms with van der Waals surface area (Å²) in [4.78, 5) is 2.26. The molecule has 2 unspecified atom stereocenters. The van der Waals surface area contributed by atoms with E-state index >= 15 is 0 Å². The zero-order chi connectivity index (χ0) is 9.14. The molecule has 0 aromatic carbocycles. The molecule has 1 rings (SSSR count). The first-order valence-electron chi connectivity index (χ1n) is 4.28. The molecule has 0 saturated carbocycles. The van der Waals surface area contributed by atoms with E-state index < -0.39 is 0 Å². The van der Waals surface area contributed by atoms with Crippen molar-refractivity contribution in [3.05, 3.63) is 0 Å². The summed E-state index contributed by atoms with van der Waals surface area (Å²) in [5, 5.41) is 8.54. The summed E-state index contributed by atoms with van der Waals surface area (Å²) < 4.78 is 0. The van der Waals surface area contributed by atoms with Gasteiger partial charge in [-0.15, -0.1) is 0 Å². The number of nitrogens with one attached hydrogen (secondary N) is 1. The van der Waals surface area contributed by atoms with Crippen LogP contribution in [0.15, 0.2) is 0 Å². The standard InChI is InChI=1S/C8H17N3S/c1-6-3-11(5-8(9)10)4-7(2)12-6/h6-7H,3-5H2,1-2H3,(H3,9,10). The first-order chi connectivity index (χ1) is 5.58. The largest absolute Gasteiger partial charge is 0.387 e. The van der Waals surface area contributed by atoms with E-state index in [9.17, 15) is 0 Å². The number of hydrogen-bond donors (Lipinski definition) is 2. The number of nitrogens with two attached hydrogens (primary N) is 1. The Labute approximate surface area is 78.2 Å². The topological polar surface area (TPSA) is 53.1 Å². The smallest absolute Gasteiger partial charge is 0.105 e. The first-order valence-corrected chi connectivity index (χ1v) is 5.23. The fraction of sp³-hybridized carbons (Fsp3) is 0.875. The van der Waals surface area contributed by atoms with Crippen molar-refractivity contribution >= 4 is 17.6 Å². The summed E-state index contributed by atoms with van der Waals surface area (Å²) in [6.07, 6.45) is 0. The van der Waals surface area contributed by atoms with Crippen LogP contribution < -0.4 is 5.73 Å². The summed E-state index contributed by atoms with van der Waals surface area (Å²) >= 11 is 2.02. The summed E-state index contributed by atoms with van der Waals surface area (Å²) in [7, 11) is 0. The van der Waals surface area contributed by atoms with Gasteiger partial charge in [0.1, 0.15) is 5.84 Å². The van der Waals surface area contributed by atoms with Gasteiger partial charge in [0.25, 0.3) is 0 Å². The monoisotopic (exact) mass is 187 g/mol. The van der Waals surface area contributed by atoms with Gasteiger partial charge in [-0.3, -0.25) is 10.3 Å². The molecular formula is C8H17N3S. The van der Waals surface area contributed by atoms with E-state index in [1.165, 1.54) is 0 Å². The summed E-state index contributed by atoms with van der Waals surface area (Å²) in [5.41, 5.74) is 5.35. The van der Waals surface area contributed by atoms with E-state index in [1.807, 2.05) is 11.8 Å². The Balaban J connectivity index is 2.38. The van der Waals surface area contributed by atoms with Crippen LogP contribution in [0.2, 0.25) is 0 Å². The van der Waals surface area contributed by atoms with Crippen LogP contribution in [0.25, 0.3) is 0 Å². The van der Waals surface area contributed by atoms with Crippen LogP contribution in [0.3, 0.4) is 0 Å². The quantitative estimate of drug-likeness (QED) is 0.495. The van der Waals surface area contributed by atoms with Gasteiger partial charge in [0, 0.05) is 23.6 Å². The second-order valence-corrected chi connectivity index (χ2v) is 5.36. The lowest BCUT2D eigenvalue weighted by Crippen LogP contribution is -2.44. The molecule has 2 atom stereocenters. The van der Waals surface area contributed by atoms with Crippen LogP contribution in [0.5, 0.6) is 0 Å². The molecule has 12 heavy (non-hydrogen) atoms. The van der Waals surface area contributed by atoms with Gasteiger partial charge in [-0.25, -0.2) is 0 Å². The van der Waals surface area contributed by atoms with Crippen LogP contribution in [-0.4, -0.2) is 40.9 Å². The van der Waals surface area contributed by atoms with Crippen molar-refractivity contribution in [3.63, 3.8) is 0 Å². The molecule has 70 valence electrons. The molecule has 1 aliphatic rings. The normalized spacial score (nSPS) is 31.8. The van der Waals surface area contributed by atoms with Crippen molar-refractivity contribution in [2.24, 2.45) is 5.73 Å². The van der Waals surface area contributed by atoms with Crippen LogP contribution in [0.4, 0.5) is 0 Å². The third-order valence-electron chi connectivity index (χ3n) is 1.89. The van der Waals surface area contributed by atoms with Crippen LogP contribution >= 0.6 is 11.8 Å². The van der Waals surface area contributed by atoms with Crippen molar-refractivity contribution in [3.8, 4) is 0 Å². The number of thioether (sulfide) groups is 1. The Morgan fingerprint density at radius 1 is 1.50 bits per heavy atom. The molecule has 3 N–H and O–H groups in total. The van der Waals surface area contributed by atoms with Gasteiger partial charge < -0.3 is 5.73 Å². The number of hydrogen-bond acceptors (Lipinski definition) is 3. The molecule has 4 heteroatoms. The number of nitrogens with zero attached hydrogens (tertiary/aromatic N) is 1. The molecule has 0 radical (unpaired) electrons. The highest BCUT2D eigenvalue weighted by Crippen LogP contribution is 2.24. The maximum Gasteiger partial charge on any atom is 0.105 e. The lowest BCUT2D eigenvalue weighted by atomic mass is 10.3. The van der Waals surface area contributed by atoms with Gasteiger partial charge in [0.05, 0.1) is 6.54 Å². The fourth-order valence-corrected chi connectivity index (χ4v) is 3.04. The molecule has 0 aromatic heterocycles. The van der Waals surface area contributed by atoms with Gasteiger partial charge in [0.2, 0.25) is 0 Å². The Hall–Kier alpha value is -0.220. The molecule has 3 nitrogen and oxygen atoms in total. The molecule has 1 heterocycles. The molecule has 0 aliphatic carbocycles. The van der Waals surface area contributed by atoms with Crippen molar-refractivity contribution in [2.45, 2.75) is 24.3 Å². The van der Waals surface area contributed by atoms with E-state index in [4.69, 9.17) is 11.1 Å². The zero-order valence-corrected chi connectivity index (χ0v) is 8.53. The maximum absolute atomic E-state index is 7.19. The molecule has 0 spiro atoms. The molecule has 0 amide bonds. The van der Waals surface area contributed by atoms with E-state index in [0.29, 0.717) is 17.0 Å². The minimum atomic E-state index is 0.279. The third kappa shape index (κ3) is 3.03. The second-order valence-electron chi connectivity index (χ2n) is 3.48. The Kier molecular flexibility index (Phi) is 3.40. The van der Waals surface area contributed by atoms with Crippen molar-refractivity contribution in [1.82, 2.24) is 4.90 Å². The predicted molar refractivity (Wildman–Crippen MR) is 54.9 cm³/mol. The molecule has 0 bridgehead atoms. The van der Waals surface area contributed by atoms with Gasteiger partial charge >= 0.3 is 0 Å². The zero-order valence-electron chi connectivity index (χ0n) is 7.71.